The predicted octanol–water partition coefficient (Wildman–Crippen LogP) is 1.65. The van der Waals surface area contributed by atoms with E-state index >= 15 is 0 Å². The van der Waals surface area contributed by atoms with E-state index in [0.29, 0.717) is 11.3 Å². The molecule has 1 N–H and O–H groups in total. The first kappa shape index (κ1) is 9.49. The van der Waals surface area contributed by atoms with Crippen LogP contribution in [0.4, 0.5) is 0 Å². The second kappa shape index (κ2) is 3.39. The smallest absolute Gasteiger partial charge is 0.0960 e. The Morgan fingerprint density at radius 2 is 2.29 bits per heavy atom. The van der Waals surface area contributed by atoms with Crippen molar-refractivity contribution in [3.63, 3.8) is 0 Å². The number of thioether (sulfide) groups is 1. The fourth-order valence-electron chi connectivity index (χ4n) is 3.05. The second-order valence-corrected chi connectivity index (χ2v) is 6.28. The molecule has 3 rings (SSSR count). The van der Waals surface area contributed by atoms with E-state index in [2.05, 4.69) is 24.0 Å². The number of morpholine rings is 1. The number of rotatable bonds is 1. The zero-order chi connectivity index (χ0) is 9.60. The third kappa shape index (κ3) is 1.33. The molecule has 80 valence electrons. The summed E-state index contributed by atoms with van der Waals surface area (Å²) in [6.45, 7) is 4.31. The molecule has 3 heteroatoms. The zero-order valence-corrected chi connectivity index (χ0v) is 9.61. The van der Waals surface area contributed by atoms with Gasteiger partial charge in [-0.2, -0.15) is 11.8 Å². The first-order chi connectivity index (χ1) is 6.83. The standard InChI is InChI=1S/C11H19NOS/c1-8-11(4-7-14-8)10(9-2-3-9)12-5-6-13-11/h8-10,12H,2-7H2,1H3. The summed E-state index contributed by atoms with van der Waals surface area (Å²) in [4.78, 5) is 0. The van der Waals surface area contributed by atoms with Crippen LogP contribution in [-0.2, 0) is 4.74 Å². The topological polar surface area (TPSA) is 21.3 Å². The van der Waals surface area contributed by atoms with Gasteiger partial charge in [0.1, 0.15) is 0 Å². The van der Waals surface area contributed by atoms with Crippen LogP contribution in [0.3, 0.4) is 0 Å². The van der Waals surface area contributed by atoms with Gasteiger partial charge in [0.2, 0.25) is 0 Å². The number of hydrogen-bond acceptors (Lipinski definition) is 3. The molecule has 14 heavy (non-hydrogen) atoms. The summed E-state index contributed by atoms with van der Waals surface area (Å²) < 4.78 is 6.17. The normalized spacial score (nSPS) is 48.6. The Morgan fingerprint density at radius 1 is 1.43 bits per heavy atom. The molecule has 0 bridgehead atoms. The third-order valence-corrected chi connectivity index (χ3v) is 5.34. The summed E-state index contributed by atoms with van der Waals surface area (Å²) in [7, 11) is 0. The van der Waals surface area contributed by atoms with E-state index in [0.717, 1.165) is 19.1 Å². The van der Waals surface area contributed by atoms with Crippen molar-refractivity contribution >= 4 is 11.8 Å². The lowest BCUT2D eigenvalue weighted by atomic mass is 9.84. The Labute approximate surface area is 90.2 Å². The monoisotopic (exact) mass is 213 g/mol. The van der Waals surface area contributed by atoms with E-state index in [9.17, 15) is 0 Å². The molecule has 0 amide bonds. The van der Waals surface area contributed by atoms with Crippen molar-refractivity contribution in [2.45, 2.75) is 43.1 Å². The highest BCUT2D eigenvalue weighted by atomic mass is 32.2. The van der Waals surface area contributed by atoms with Gasteiger partial charge < -0.3 is 10.1 Å². The number of ether oxygens (including phenoxy) is 1. The molecule has 0 aromatic heterocycles. The van der Waals surface area contributed by atoms with Gasteiger partial charge in [-0.15, -0.1) is 0 Å². The minimum atomic E-state index is 0.185. The Morgan fingerprint density at radius 3 is 2.93 bits per heavy atom. The predicted molar refractivity (Wildman–Crippen MR) is 59.7 cm³/mol. The second-order valence-electron chi connectivity index (χ2n) is 4.84. The molecule has 2 saturated heterocycles. The van der Waals surface area contributed by atoms with Crippen molar-refractivity contribution in [2.24, 2.45) is 5.92 Å². The van der Waals surface area contributed by atoms with Crippen LogP contribution in [0.1, 0.15) is 26.2 Å². The molecular weight excluding hydrogens is 194 g/mol. The lowest BCUT2D eigenvalue weighted by Gasteiger charge is -2.45. The average Bonchev–Trinajstić information content (AvgIpc) is 2.96. The molecule has 2 nitrogen and oxygen atoms in total. The largest absolute Gasteiger partial charge is 0.371 e. The van der Waals surface area contributed by atoms with Gasteiger partial charge in [-0.05, 0) is 30.9 Å². The molecule has 1 spiro atoms. The van der Waals surface area contributed by atoms with Crippen LogP contribution < -0.4 is 5.32 Å². The van der Waals surface area contributed by atoms with Crippen LogP contribution >= 0.6 is 11.8 Å². The molecule has 1 aliphatic carbocycles. The van der Waals surface area contributed by atoms with Gasteiger partial charge in [-0.3, -0.25) is 0 Å². The van der Waals surface area contributed by atoms with Gasteiger partial charge in [0, 0.05) is 17.8 Å². The van der Waals surface area contributed by atoms with E-state index in [1.807, 2.05) is 0 Å². The Hall–Kier alpha value is 0.270. The highest BCUT2D eigenvalue weighted by Gasteiger charge is 2.54. The summed E-state index contributed by atoms with van der Waals surface area (Å²) in [6.07, 6.45) is 4.09. The molecule has 3 unspecified atom stereocenters. The van der Waals surface area contributed by atoms with Gasteiger partial charge >= 0.3 is 0 Å². The lowest BCUT2D eigenvalue weighted by Crippen LogP contribution is -2.61. The van der Waals surface area contributed by atoms with Crippen LogP contribution in [0.25, 0.3) is 0 Å². The van der Waals surface area contributed by atoms with Crippen molar-refractivity contribution in [1.82, 2.24) is 5.32 Å². The van der Waals surface area contributed by atoms with Crippen LogP contribution in [-0.4, -0.2) is 35.8 Å². The number of hydrogen-bond donors (Lipinski definition) is 1. The molecule has 0 aromatic rings. The third-order valence-electron chi connectivity index (χ3n) is 4.01. The SMILES string of the molecule is CC1SCCC12OCCNC2C1CC1. The molecule has 0 radical (unpaired) electrons. The quantitative estimate of drug-likeness (QED) is 0.715. The first-order valence-corrected chi connectivity index (χ1v) is 6.87. The molecular formula is C11H19NOS. The Bertz CT molecular complexity index is 231. The molecule has 0 aromatic carbocycles. The van der Waals surface area contributed by atoms with Crippen molar-refractivity contribution < 1.29 is 4.74 Å². The number of nitrogens with one attached hydrogen (secondary N) is 1. The molecule has 3 fully saturated rings. The maximum Gasteiger partial charge on any atom is 0.0960 e. The summed E-state index contributed by atoms with van der Waals surface area (Å²) in [5.41, 5.74) is 0.185. The van der Waals surface area contributed by atoms with Crippen molar-refractivity contribution in [1.29, 1.82) is 0 Å². The van der Waals surface area contributed by atoms with Gasteiger partial charge in [0.25, 0.3) is 0 Å². The summed E-state index contributed by atoms with van der Waals surface area (Å²) >= 11 is 2.09. The van der Waals surface area contributed by atoms with Crippen LogP contribution in [0.2, 0.25) is 0 Å². The van der Waals surface area contributed by atoms with Gasteiger partial charge in [0.15, 0.2) is 0 Å². The fraction of sp³-hybridized carbons (Fsp3) is 1.00. The molecule has 3 atom stereocenters. The van der Waals surface area contributed by atoms with Crippen LogP contribution in [0.15, 0.2) is 0 Å². The summed E-state index contributed by atoms with van der Waals surface area (Å²) in [5, 5.41) is 4.39. The van der Waals surface area contributed by atoms with Crippen molar-refractivity contribution in [3.05, 3.63) is 0 Å². The zero-order valence-electron chi connectivity index (χ0n) is 8.79. The van der Waals surface area contributed by atoms with E-state index in [1.54, 1.807) is 0 Å². The molecule has 2 aliphatic heterocycles. The Balaban J connectivity index is 1.84. The summed E-state index contributed by atoms with van der Waals surface area (Å²) in [5.74, 6) is 2.20. The minimum absolute atomic E-state index is 0.185. The maximum absolute atomic E-state index is 6.17. The van der Waals surface area contributed by atoms with E-state index in [-0.39, 0.29) is 5.60 Å². The molecule has 3 aliphatic rings. The Kier molecular flexibility index (Phi) is 2.30. The van der Waals surface area contributed by atoms with Crippen molar-refractivity contribution in [3.8, 4) is 0 Å². The van der Waals surface area contributed by atoms with Gasteiger partial charge in [0.05, 0.1) is 12.2 Å². The average molecular weight is 213 g/mol. The van der Waals surface area contributed by atoms with Crippen LogP contribution in [0, 0.1) is 5.92 Å². The first-order valence-electron chi connectivity index (χ1n) is 5.82. The van der Waals surface area contributed by atoms with Crippen molar-refractivity contribution in [2.75, 3.05) is 18.9 Å². The van der Waals surface area contributed by atoms with E-state index in [4.69, 9.17) is 4.74 Å². The van der Waals surface area contributed by atoms with E-state index < -0.39 is 0 Å². The maximum atomic E-state index is 6.17. The highest BCUT2D eigenvalue weighted by molar-refractivity contribution is 8.00. The minimum Gasteiger partial charge on any atom is -0.371 e. The molecule has 2 heterocycles. The van der Waals surface area contributed by atoms with E-state index in [1.165, 1.54) is 25.0 Å². The highest BCUT2D eigenvalue weighted by Crippen LogP contribution is 2.48. The summed E-state index contributed by atoms with van der Waals surface area (Å²) in [6, 6.07) is 0.654. The van der Waals surface area contributed by atoms with Gasteiger partial charge in [-0.1, -0.05) is 6.92 Å². The molecule has 1 saturated carbocycles. The van der Waals surface area contributed by atoms with Gasteiger partial charge in [-0.25, -0.2) is 0 Å². The van der Waals surface area contributed by atoms with Crippen LogP contribution in [0.5, 0.6) is 0 Å². The fourth-order valence-corrected chi connectivity index (χ4v) is 4.46. The lowest BCUT2D eigenvalue weighted by molar-refractivity contribution is -0.0977.